The number of hydrogen-bond donors (Lipinski definition) is 2. The summed E-state index contributed by atoms with van der Waals surface area (Å²) in [5.74, 6) is 0.838. The third kappa shape index (κ3) is 5.22. The van der Waals surface area contributed by atoms with E-state index in [1.165, 1.54) is 5.56 Å². The lowest BCUT2D eigenvalue weighted by Crippen LogP contribution is -2.34. The van der Waals surface area contributed by atoms with E-state index in [4.69, 9.17) is 4.74 Å². The molecule has 2 N–H and O–H groups in total. The Kier molecular flexibility index (Phi) is 6.45. The number of benzene rings is 2. The number of carbonyl (C=O) groups excluding carboxylic acids is 1. The first-order valence-electron chi connectivity index (χ1n) is 7.43. The minimum atomic E-state index is 0.00540. The molecule has 0 aliphatic carbocycles. The van der Waals surface area contributed by atoms with Crippen LogP contribution in [0.1, 0.15) is 11.1 Å². The van der Waals surface area contributed by atoms with E-state index in [1.54, 1.807) is 7.11 Å². The van der Waals surface area contributed by atoms with E-state index >= 15 is 0 Å². The van der Waals surface area contributed by atoms with Crippen molar-refractivity contribution in [2.24, 2.45) is 0 Å². The maximum Gasteiger partial charge on any atom is 0.233 e. The number of amides is 1. The molecule has 116 valence electrons. The van der Waals surface area contributed by atoms with Crippen molar-refractivity contribution in [1.29, 1.82) is 0 Å². The Hall–Kier alpha value is -2.33. The summed E-state index contributed by atoms with van der Waals surface area (Å²) >= 11 is 0. The minimum absolute atomic E-state index is 0.00540. The van der Waals surface area contributed by atoms with E-state index in [-0.39, 0.29) is 5.91 Å². The van der Waals surface area contributed by atoms with Gasteiger partial charge in [-0.05, 0) is 18.1 Å². The Labute approximate surface area is 131 Å². The Bertz CT molecular complexity index is 585. The summed E-state index contributed by atoms with van der Waals surface area (Å²) in [6.07, 6.45) is 0.846. The zero-order chi connectivity index (χ0) is 15.6. The molecule has 0 spiro atoms. The Morgan fingerprint density at radius 2 is 1.77 bits per heavy atom. The van der Waals surface area contributed by atoms with Crippen LogP contribution in [0, 0.1) is 0 Å². The number of hydrogen-bond acceptors (Lipinski definition) is 3. The molecule has 0 saturated heterocycles. The first-order chi connectivity index (χ1) is 10.8. The molecular formula is C18H22N2O2. The summed E-state index contributed by atoms with van der Waals surface area (Å²) < 4.78 is 5.28. The lowest BCUT2D eigenvalue weighted by atomic mass is 10.1. The summed E-state index contributed by atoms with van der Waals surface area (Å²) in [5.41, 5.74) is 2.27. The molecule has 2 aromatic rings. The fourth-order valence-corrected chi connectivity index (χ4v) is 2.21. The average Bonchev–Trinajstić information content (AvgIpc) is 2.56. The van der Waals surface area contributed by atoms with Crippen molar-refractivity contribution < 1.29 is 9.53 Å². The molecule has 22 heavy (non-hydrogen) atoms. The van der Waals surface area contributed by atoms with Gasteiger partial charge in [0.15, 0.2) is 0 Å². The molecule has 0 bridgehead atoms. The summed E-state index contributed by atoms with van der Waals surface area (Å²) in [4.78, 5) is 11.8. The van der Waals surface area contributed by atoms with Crippen LogP contribution in [0.3, 0.4) is 0 Å². The van der Waals surface area contributed by atoms with Gasteiger partial charge in [0, 0.05) is 18.7 Å². The fourth-order valence-electron chi connectivity index (χ4n) is 2.21. The highest BCUT2D eigenvalue weighted by Gasteiger charge is 2.03. The average molecular weight is 298 g/mol. The highest BCUT2D eigenvalue weighted by atomic mass is 16.5. The molecule has 0 saturated carbocycles. The van der Waals surface area contributed by atoms with Crippen LogP contribution in [0.25, 0.3) is 0 Å². The third-order valence-electron chi connectivity index (χ3n) is 3.37. The van der Waals surface area contributed by atoms with E-state index < -0.39 is 0 Å². The van der Waals surface area contributed by atoms with Crippen LogP contribution in [0.5, 0.6) is 5.75 Å². The van der Waals surface area contributed by atoms with E-state index in [0.717, 1.165) is 17.7 Å². The van der Waals surface area contributed by atoms with Crippen molar-refractivity contribution in [3.8, 4) is 5.75 Å². The molecule has 4 nitrogen and oxygen atoms in total. The van der Waals surface area contributed by atoms with Gasteiger partial charge in [0.2, 0.25) is 5.91 Å². The molecule has 0 fully saturated rings. The quantitative estimate of drug-likeness (QED) is 0.785. The van der Waals surface area contributed by atoms with Crippen LogP contribution in [0.4, 0.5) is 0 Å². The molecule has 0 unspecified atom stereocenters. The van der Waals surface area contributed by atoms with E-state index in [2.05, 4.69) is 22.8 Å². The smallest absolute Gasteiger partial charge is 0.233 e. The van der Waals surface area contributed by atoms with Gasteiger partial charge in [-0.25, -0.2) is 0 Å². The van der Waals surface area contributed by atoms with Crippen molar-refractivity contribution in [2.45, 2.75) is 13.0 Å². The van der Waals surface area contributed by atoms with E-state index in [1.807, 2.05) is 42.5 Å². The standard InChI is InChI=1S/C18H22N2O2/c1-22-17-10-6-5-9-16(17)13-19-14-18(21)20-12-11-15-7-3-2-4-8-15/h2-10,19H,11-14H2,1H3,(H,20,21). The SMILES string of the molecule is COc1ccccc1CNCC(=O)NCCc1ccccc1. The lowest BCUT2D eigenvalue weighted by molar-refractivity contribution is -0.120. The number of nitrogens with one attached hydrogen (secondary N) is 2. The van der Waals surface area contributed by atoms with Crippen LogP contribution in [-0.4, -0.2) is 26.1 Å². The molecule has 0 aliphatic heterocycles. The number of rotatable bonds is 8. The molecule has 2 aromatic carbocycles. The molecule has 0 heterocycles. The second kappa shape index (κ2) is 8.85. The van der Waals surface area contributed by atoms with Gasteiger partial charge >= 0.3 is 0 Å². The van der Waals surface area contributed by atoms with Gasteiger partial charge in [0.25, 0.3) is 0 Å². The maximum absolute atomic E-state index is 11.8. The number of para-hydroxylation sites is 1. The summed E-state index contributed by atoms with van der Waals surface area (Å²) in [7, 11) is 1.65. The third-order valence-corrected chi connectivity index (χ3v) is 3.37. The fraction of sp³-hybridized carbons (Fsp3) is 0.278. The molecule has 2 rings (SSSR count). The Balaban J connectivity index is 1.65. The van der Waals surface area contributed by atoms with Gasteiger partial charge in [0.05, 0.1) is 13.7 Å². The highest BCUT2D eigenvalue weighted by molar-refractivity contribution is 5.77. The predicted octanol–water partition coefficient (Wildman–Crippen LogP) is 2.14. The lowest BCUT2D eigenvalue weighted by Gasteiger charge is -2.10. The number of ether oxygens (including phenoxy) is 1. The normalized spacial score (nSPS) is 10.2. The van der Waals surface area contributed by atoms with Gasteiger partial charge < -0.3 is 15.4 Å². The molecule has 1 amide bonds. The predicted molar refractivity (Wildman–Crippen MR) is 87.9 cm³/mol. The van der Waals surface area contributed by atoms with Crippen LogP contribution >= 0.6 is 0 Å². The van der Waals surface area contributed by atoms with Crippen LogP contribution < -0.4 is 15.4 Å². The largest absolute Gasteiger partial charge is 0.496 e. The van der Waals surface area contributed by atoms with Gasteiger partial charge in [-0.2, -0.15) is 0 Å². The van der Waals surface area contributed by atoms with Gasteiger partial charge in [-0.1, -0.05) is 48.5 Å². The van der Waals surface area contributed by atoms with Gasteiger partial charge in [-0.15, -0.1) is 0 Å². The first-order valence-corrected chi connectivity index (χ1v) is 7.43. The Morgan fingerprint density at radius 1 is 1.05 bits per heavy atom. The second-order valence-electron chi connectivity index (χ2n) is 5.00. The zero-order valence-electron chi connectivity index (χ0n) is 12.8. The highest BCUT2D eigenvalue weighted by Crippen LogP contribution is 2.16. The molecular weight excluding hydrogens is 276 g/mol. The molecule has 0 atom stereocenters. The monoisotopic (exact) mass is 298 g/mol. The van der Waals surface area contributed by atoms with Crippen molar-refractivity contribution in [1.82, 2.24) is 10.6 Å². The van der Waals surface area contributed by atoms with Crippen molar-refractivity contribution in [3.05, 3.63) is 65.7 Å². The van der Waals surface area contributed by atoms with Gasteiger partial charge in [-0.3, -0.25) is 4.79 Å². The van der Waals surface area contributed by atoms with Crippen LogP contribution in [0.2, 0.25) is 0 Å². The van der Waals surface area contributed by atoms with Crippen LogP contribution in [0.15, 0.2) is 54.6 Å². The van der Waals surface area contributed by atoms with Crippen LogP contribution in [-0.2, 0) is 17.8 Å². The molecule has 0 aromatic heterocycles. The maximum atomic E-state index is 11.8. The molecule has 4 heteroatoms. The Morgan fingerprint density at radius 3 is 2.55 bits per heavy atom. The van der Waals surface area contributed by atoms with E-state index in [0.29, 0.717) is 19.6 Å². The summed E-state index contributed by atoms with van der Waals surface area (Å²) in [6, 6.07) is 17.9. The molecule has 0 radical (unpaired) electrons. The first kappa shape index (κ1) is 16.0. The summed E-state index contributed by atoms with van der Waals surface area (Å²) in [6.45, 7) is 1.56. The topological polar surface area (TPSA) is 50.4 Å². The van der Waals surface area contributed by atoms with Crippen molar-refractivity contribution in [2.75, 3.05) is 20.2 Å². The van der Waals surface area contributed by atoms with Crippen molar-refractivity contribution >= 4 is 5.91 Å². The minimum Gasteiger partial charge on any atom is -0.496 e. The number of methoxy groups -OCH3 is 1. The second-order valence-corrected chi connectivity index (χ2v) is 5.00. The van der Waals surface area contributed by atoms with E-state index in [9.17, 15) is 4.79 Å². The summed E-state index contributed by atoms with van der Waals surface area (Å²) in [5, 5.41) is 6.05. The zero-order valence-corrected chi connectivity index (χ0v) is 12.8. The van der Waals surface area contributed by atoms with Gasteiger partial charge in [0.1, 0.15) is 5.75 Å². The van der Waals surface area contributed by atoms with Crippen molar-refractivity contribution in [3.63, 3.8) is 0 Å². The number of carbonyl (C=O) groups is 1. The molecule has 0 aliphatic rings.